The minimum absolute atomic E-state index is 0.127. The quantitative estimate of drug-likeness (QED) is 0.494. The van der Waals surface area contributed by atoms with Crippen molar-refractivity contribution in [2.24, 2.45) is 5.10 Å². The lowest BCUT2D eigenvalue weighted by Crippen LogP contribution is -2.41. The van der Waals surface area contributed by atoms with Gasteiger partial charge >= 0.3 is 0 Å². The topological polar surface area (TPSA) is 81.3 Å². The summed E-state index contributed by atoms with van der Waals surface area (Å²) >= 11 is 0. The molecule has 0 aliphatic carbocycles. The fraction of sp³-hybridized carbons (Fsp3) is 0.286. The van der Waals surface area contributed by atoms with Gasteiger partial charge in [0, 0.05) is 28.7 Å². The number of hydrazone groups is 1. The summed E-state index contributed by atoms with van der Waals surface area (Å²) in [5, 5.41) is 5.10. The molecule has 1 amide bonds. The minimum Gasteiger partial charge on any atom is -0.361 e. The number of rotatable bonds is 3. The number of nitrogens with zero attached hydrogens (tertiary/aromatic N) is 1. The standard InChI is InChI=1S/C14H17N5O/c1-9-6-13(18-17-9)14(20)19-16-8-10-7-15-12-5-3-2-4-11(10)12/h2-5,7-9,13,15,17-18H,6H2,1H3,(H,19,20)/b16-8+. The molecule has 4 N–H and O–H groups in total. The van der Waals surface area contributed by atoms with Gasteiger partial charge in [-0.1, -0.05) is 18.2 Å². The average Bonchev–Trinajstić information content (AvgIpc) is 3.06. The largest absolute Gasteiger partial charge is 0.361 e. The molecule has 1 aromatic carbocycles. The second-order valence-electron chi connectivity index (χ2n) is 5.00. The van der Waals surface area contributed by atoms with Crippen LogP contribution in [0.25, 0.3) is 10.9 Å². The molecule has 1 aliphatic rings. The Bertz CT molecular complexity index is 648. The summed E-state index contributed by atoms with van der Waals surface area (Å²) in [6, 6.07) is 8.02. The van der Waals surface area contributed by atoms with Crippen molar-refractivity contribution in [2.75, 3.05) is 0 Å². The van der Waals surface area contributed by atoms with E-state index in [4.69, 9.17) is 0 Å². The van der Waals surface area contributed by atoms with Crippen LogP contribution in [-0.4, -0.2) is 29.2 Å². The maximum absolute atomic E-state index is 11.8. The van der Waals surface area contributed by atoms with Crippen LogP contribution in [0.15, 0.2) is 35.6 Å². The molecule has 3 rings (SSSR count). The van der Waals surface area contributed by atoms with Crippen LogP contribution in [0, 0.1) is 0 Å². The lowest BCUT2D eigenvalue weighted by Gasteiger charge is -2.05. The Balaban J connectivity index is 1.64. The highest BCUT2D eigenvalue weighted by atomic mass is 16.2. The highest BCUT2D eigenvalue weighted by molar-refractivity contribution is 5.99. The van der Waals surface area contributed by atoms with Crippen molar-refractivity contribution in [1.29, 1.82) is 0 Å². The summed E-state index contributed by atoms with van der Waals surface area (Å²) in [6.45, 7) is 2.02. The van der Waals surface area contributed by atoms with E-state index in [2.05, 4.69) is 26.4 Å². The molecule has 2 atom stereocenters. The van der Waals surface area contributed by atoms with Gasteiger partial charge in [0.05, 0.1) is 6.21 Å². The van der Waals surface area contributed by atoms with E-state index in [9.17, 15) is 4.79 Å². The molecule has 1 saturated heterocycles. The number of amides is 1. The number of H-pyrrole nitrogens is 1. The molecule has 6 heteroatoms. The van der Waals surface area contributed by atoms with Crippen LogP contribution in [0.1, 0.15) is 18.9 Å². The van der Waals surface area contributed by atoms with Crippen LogP contribution in [0.2, 0.25) is 0 Å². The lowest BCUT2D eigenvalue weighted by atomic mass is 10.1. The molecule has 20 heavy (non-hydrogen) atoms. The van der Waals surface area contributed by atoms with E-state index in [0.29, 0.717) is 6.04 Å². The van der Waals surface area contributed by atoms with E-state index in [1.807, 2.05) is 37.4 Å². The zero-order valence-electron chi connectivity index (χ0n) is 11.2. The number of fused-ring (bicyclic) bond motifs is 1. The van der Waals surface area contributed by atoms with Gasteiger partial charge in [-0.15, -0.1) is 0 Å². The van der Waals surface area contributed by atoms with Gasteiger partial charge in [-0.2, -0.15) is 5.10 Å². The molecule has 6 nitrogen and oxygen atoms in total. The van der Waals surface area contributed by atoms with Gasteiger partial charge < -0.3 is 4.98 Å². The van der Waals surface area contributed by atoms with Crippen molar-refractivity contribution in [2.45, 2.75) is 25.4 Å². The third-order valence-corrected chi connectivity index (χ3v) is 3.41. The van der Waals surface area contributed by atoms with Crippen molar-refractivity contribution in [3.63, 3.8) is 0 Å². The Labute approximate surface area is 116 Å². The molecule has 2 aromatic rings. The molecule has 104 valence electrons. The Morgan fingerprint density at radius 1 is 1.40 bits per heavy atom. The summed E-state index contributed by atoms with van der Waals surface area (Å²) in [4.78, 5) is 15.0. The Morgan fingerprint density at radius 3 is 3.05 bits per heavy atom. The van der Waals surface area contributed by atoms with Crippen LogP contribution in [0.3, 0.4) is 0 Å². The molecule has 0 saturated carbocycles. The maximum Gasteiger partial charge on any atom is 0.258 e. The highest BCUT2D eigenvalue weighted by Crippen LogP contribution is 2.15. The number of benzene rings is 1. The number of hydrogen-bond donors (Lipinski definition) is 4. The number of aromatic amines is 1. The number of nitrogens with one attached hydrogen (secondary N) is 4. The number of hydrazine groups is 1. The SMILES string of the molecule is CC1CC(C(=O)N/N=C/c2c[nH]c3ccccc23)NN1. The van der Waals surface area contributed by atoms with Crippen LogP contribution in [0.5, 0.6) is 0 Å². The smallest absolute Gasteiger partial charge is 0.258 e. The third kappa shape index (κ3) is 2.56. The highest BCUT2D eigenvalue weighted by Gasteiger charge is 2.26. The summed E-state index contributed by atoms with van der Waals surface area (Å²) in [5.74, 6) is -0.127. The van der Waals surface area contributed by atoms with E-state index in [0.717, 1.165) is 22.9 Å². The number of aromatic nitrogens is 1. The second-order valence-corrected chi connectivity index (χ2v) is 5.00. The van der Waals surface area contributed by atoms with Gasteiger partial charge in [0.1, 0.15) is 6.04 Å². The van der Waals surface area contributed by atoms with Gasteiger partial charge in [-0.25, -0.2) is 10.9 Å². The van der Waals surface area contributed by atoms with E-state index in [1.165, 1.54) is 0 Å². The first-order valence-corrected chi connectivity index (χ1v) is 6.64. The van der Waals surface area contributed by atoms with Gasteiger partial charge in [0.25, 0.3) is 5.91 Å². The first-order valence-electron chi connectivity index (χ1n) is 6.64. The maximum atomic E-state index is 11.8. The first-order chi connectivity index (χ1) is 9.74. The van der Waals surface area contributed by atoms with Gasteiger partial charge in [-0.3, -0.25) is 10.2 Å². The van der Waals surface area contributed by atoms with Crippen LogP contribution >= 0.6 is 0 Å². The molecular weight excluding hydrogens is 254 g/mol. The summed E-state index contributed by atoms with van der Waals surface area (Å²) in [7, 11) is 0. The molecule has 1 aliphatic heterocycles. The number of carbonyl (C=O) groups excluding carboxylic acids is 1. The average molecular weight is 271 g/mol. The van der Waals surface area contributed by atoms with E-state index in [1.54, 1.807) is 6.21 Å². The van der Waals surface area contributed by atoms with Gasteiger partial charge in [0.15, 0.2) is 0 Å². The zero-order valence-corrected chi connectivity index (χ0v) is 11.2. The molecule has 2 heterocycles. The van der Waals surface area contributed by atoms with Crippen molar-refractivity contribution in [3.8, 4) is 0 Å². The van der Waals surface area contributed by atoms with E-state index >= 15 is 0 Å². The summed E-state index contributed by atoms with van der Waals surface area (Å²) in [5.41, 5.74) is 10.5. The summed E-state index contributed by atoms with van der Waals surface area (Å²) in [6.07, 6.45) is 4.29. The predicted molar refractivity (Wildman–Crippen MR) is 78.2 cm³/mol. The van der Waals surface area contributed by atoms with Crippen molar-refractivity contribution in [3.05, 3.63) is 36.0 Å². The number of para-hydroxylation sites is 1. The van der Waals surface area contributed by atoms with Crippen molar-refractivity contribution < 1.29 is 4.79 Å². The normalized spacial score (nSPS) is 22.6. The molecule has 2 unspecified atom stereocenters. The second kappa shape index (κ2) is 5.44. The lowest BCUT2D eigenvalue weighted by molar-refractivity contribution is -0.122. The van der Waals surface area contributed by atoms with Crippen LogP contribution < -0.4 is 16.3 Å². The zero-order chi connectivity index (χ0) is 13.9. The van der Waals surface area contributed by atoms with Crippen LogP contribution in [-0.2, 0) is 4.79 Å². The van der Waals surface area contributed by atoms with Crippen molar-refractivity contribution in [1.82, 2.24) is 21.3 Å². The third-order valence-electron chi connectivity index (χ3n) is 3.41. The number of carbonyl (C=O) groups is 1. The molecule has 1 aromatic heterocycles. The Kier molecular flexibility index (Phi) is 3.49. The monoisotopic (exact) mass is 271 g/mol. The van der Waals surface area contributed by atoms with Gasteiger partial charge in [-0.05, 0) is 19.4 Å². The molecule has 0 bridgehead atoms. The Morgan fingerprint density at radius 2 is 2.25 bits per heavy atom. The van der Waals surface area contributed by atoms with E-state index < -0.39 is 0 Å². The molecule has 0 spiro atoms. The molecular formula is C14H17N5O. The fourth-order valence-corrected chi connectivity index (χ4v) is 2.33. The first kappa shape index (κ1) is 12.8. The van der Waals surface area contributed by atoms with Crippen LogP contribution in [0.4, 0.5) is 0 Å². The number of hydrogen-bond acceptors (Lipinski definition) is 4. The predicted octanol–water partition coefficient (Wildman–Crippen LogP) is 0.873. The minimum atomic E-state index is -0.231. The summed E-state index contributed by atoms with van der Waals surface area (Å²) < 4.78 is 0. The molecule has 0 radical (unpaired) electrons. The fourth-order valence-electron chi connectivity index (χ4n) is 2.33. The molecule has 1 fully saturated rings. The Hall–Kier alpha value is -2.18. The van der Waals surface area contributed by atoms with Crippen molar-refractivity contribution >= 4 is 23.0 Å². The van der Waals surface area contributed by atoms with E-state index in [-0.39, 0.29) is 11.9 Å². The van der Waals surface area contributed by atoms with Gasteiger partial charge in [0.2, 0.25) is 0 Å².